The second-order valence-corrected chi connectivity index (χ2v) is 10.4. The van der Waals surface area contributed by atoms with E-state index in [9.17, 15) is 0 Å². The molecule has 182 valence electrons. The van der Waals surface area contributed by atoms with Gasteiger partial charge in [-0.1, -0.05) is 119 Å². The van der Waals surface area contributed by atoms with E-state index in [2.05, 4.69) is 142 Å². The van der Waals surface area contributed by atoms with Crippen molar-refractivity contribution in [3.05, 3.63) is 136 Å². The van der Waals surface area contributed by atoms with Gasteiger partial charge in [-0.15, -0.1) is 0 Å². The van der Waals surface area contributed by atoms with E-state index in [0.717, 1.165) is 51.5 Å². The van der Waals surface area contributed by atoms with Crippen molar-refractivity contribution in [2.24, 2.45) is 4.99 Å². The van der Waals surface area contributed by atoms with Gasteiger partial charge < -0.3 is 4.90 Å². The summed E-state index contributed by atoms with van der Waals surface area (Å²) in [5.41, 5.74) is 8.80. The number of aryl methyl sites for hydroxylation is 1. The molecule has 0 saturated carbocycles. The number of fused-ring (bicyclic) bond motifs is 1. The largest absolute Gasteiger partial charge is 0.342 e. The van der Waals surface area contributed by atoms with Crippen LogP contribution >= 0.6 is 15.9 Å². The van der Waals surface area contributed by atoms with Crippen LogP contribution in [0.5, 0.6) is 0 Å². The van der Waals surface area contributed by atoms with Crippen molar-refractivity contribution >= 4 is 33.1 Å². The van der Waals surface area contributed by atoms with E-state index in [1.54, 1.807) is 0 Å². The minimum absolute atomic E-state index is 0.0729. The maximum atomic E-state index is 5.33. The highest BCUT2D eigenvalue weighted by Crippen LogP contribution is 2.45. The normalized spacial score (nSPS) is 15.1. The first-order valence-corrected chi connectivity index (χ1v) is 13.3. The van der Waals surface area contributed by atoms with Gasteiger partial charge in [-0.25, -0.2) is 4.99 Å². The first kappa shape index (κ1) is 23.4. The molecule has 6 rings (SSSR count). The Labute approximate surface area is 225 Å². The van der Waals surface area contributed by atoms with Crippen molar-refractivity contribution < 1.29 is 0 Å². The van der Waals surface area contributed by atoms with E-state index in [4.69, 9.17) is 10.1 Å². The summed E-state index contributed by atoms with van der Waals surface area (Å²) in [7, 11) is 0. The van der Waals surface area contributed by atoms with Crippen LogP contribution in [0.15, 0.2) is 119 Å². The number of anilines is 1. The minimum Gasteiger partial charge on any atom is -0.342 e. The van der Waals surface area contributed by atoms with Crippen LogP contribution in [0.1, 0.15) is 34.7 Å². The number of nitrogens with zero attached hydrogens (tertiary/aromatic N) is 3. The fraction of sp³-hybridized carbons (Fsp3) is 0.125. The monoisotopic (exact) mass is 546 g/mol. The van der Waals surface area contributed by atoms with Crippen molar-refractivity contribution in [1.82, 2.24) is 10.2 Å². The van der Waals surface area contributed by atoms with Crippen LogP contribution in [-0.4, -0.2) is 15.9 Å². The Morgan fingerprint density at radius 3 is 2.16 bits per heavy atom. The van der Waals surface area contributed by atoms with Crippen molar-refractivity contribution in [1.29, 1.82) is 0 Å². The van der Waals surface area contributed by atoms with E-state index in [0.29, 0.717) is 0 Å². The molecule has 0 fully saturated rings. The summed E-state index contributed by atoms with van der Waals surface area (Å²) in [6.07, 6.45) is 0.774. The van der Waals surface area contributed by atoms with E-state index in [1.807, 2.05) is 0 Å². The van der Waals surface area contributed by atoms with Crippen LogP contribution in [0.4, 0.5) is 11.5 Å². The Bertz CT molecular complexity index is 1520. The first-order chi connectivity index (χ1) is 18.2. The molecule has 0 radical (unpaired) electrons. The SMILES string of the molecule is Cc1ccc(C2=Nc3c(n[nH]c3-c3ccc(Br)cc3)N(Cc3ccccc3)C(c3ccccc3)C2)cc1. The van der Waals surface area contributed by atoms with Crippen molar-refractivity contribution in [3.63, 3.8) is 0 Å². The Morgan fingerprint density at radius 2 is 1.46 bits per heavy atom. The zero-order valence-electron chi connectivity index (χ0n) is 20.6. The third-order valence-corrected chi connectivity index (χ3v) is 7.43. The smallest absolute Gasteiger partial charge is 0.177 e. The average molecular weight is 548 g/mol. The molecule has 1 atom stereocenters. The number of rotatable bonds is 5. The lowest BCUT2D eigenvalue weighted by Crippen LogP contribution is -2.29. The molecule has 37 heavy (non-hydrogen) atoms. The number of aromatic nitrogens is 2. The van der Waals surface area contributed by atoms with Crippen LogP contribution < -0.4 is 4.90 Å². The second-order valence-electron chi connectivity index (χ2n) is 9.45. The molecule has 0 saturated heterocycles. The number of H-pyrrole nitrogens is 1. The molecule has 4 nitrogen and oxygen atoms in total. The van der Waals surface area contributed by atoms with E-state index >= 15 is 0 Å². The zero-order chi connectivity index (χ0) is 25.2. The highest BCUT2D eigenvalue weighted by atomic mass is 79.9. The summed E-state index contributed by atoms with van der Waals surface area (Å²) in [4.78, 5) is 7.74. The molecule has 1 aliphatic heterocycles. The summed E-state index contributed by atoms with van der Waals surface area (Å²) < 4.78 is 1.04. The molecule has 0 spiro atoms. The number of nitrogens with one attached hydrogen (secondary N) is 1. The van der Waals surface area contributed by atoms with Gasteiger partial charge in [0.05, 0.1) is 17.4 Å². The van der Waals surface area contributed by atoms with Gasteiger partial charge in [0, 0.05) is 23.0 Å². The van der Waals surface area contributed by atoms with Crippen LogP contribution in [0, 0.1) is 6.92 Å². The number of aromatic amines is 1. The molecule has 0 amide bonds. The average Bonchev–Trinajstić information content (AvgIpc) is 3.28. The van der Waals surface area contributed by atoms with Gasteiger partial charge in [0.1, 0.15) is 5.69 Å². The zero-order valence-corrected chi connectivity index (χ0v) is 22.2. The third-order valence-electron chi connectivity index (χ3n) is 6.90. The topological polar surface area (TPSA) is 44.3 Å². The lowest BCUT2D eigenvalue weighted by atomic mass is 9.95. The van der Waals surface area contributed by atoms with Gasteiger partial charge in [0.25, 0.3) is 0 Å². The first-order valence-electron chi connectivity index (χ1n) is 12.5. The second kappa shape index (κ2) is 10.2. The highest BCUT2D eigenvalue weighted by molar-refractivity contribution is 9.10. The predicted octanol–water partition coefficient (Wildman–Crippen LogP) is 8.42. The Kier molecular flexibility index (Phi) is 6.46. The summed E-state index contributed by atoms with van der Waals surface area (Å²) in [5, 5.41) is 8.23. The minimum atomic E-state index is 0.0729. The molecule has 1 unspecified atom stereocenters. The van der Waals surface area contributed by atoms with Crippen molar-refractivity contribution in [2.75, 3.05) is 4.90 Å². The molecule has 1 N–H and O–H groups in total. The summed E-state index contributed by atoms with van der Waals surface area (Å²) in [5.74, 6) is 0.873. The van der Waals surface area contributed by atoms with Gasteiger partial charge in [-0.3, -0.25) is 5.10 Å². The number of hydrogen-bond donors (Lipinski definition) is 1. The van der Waals surface area contributed by atoms with Crippen molar-refractivity contribution in [2.45, 2.75) is 25.9 Å². The lowest BCUT2D eigenvalue weighted by molar-refractivity contribution is 0.633. The Balaban J connectivity index is 1.55. The molecule has 1 aliphatic rings. The fourth-order valence-corrected chi connectivity index (χ4v) is 5.20. The number of aliphatic imine (C=N–C) groups is 1. The van der Waals surface area contributed by atoms with Crippen LogP contribution in [0.2, 0.25) is 0 Å². The van der Waals surface area contributed by atoms with Crippen LogP contribution in [0.3, 0.4) is 0 Å². The molecule has 1 aromatic heterocycles. The van der Waals surface area contributed by atoms with Gasteiger partial charge in [0.15, 0.2) is 5.82 Å². The molecule has 0 bridgehead atoms. The number of hydrogen-bond acceptors (Lipinski definition) is 3. The lowest BCUT2D eigenvalue weighted by Gasteiger charge is -2.32. The van der Waals surface area contributed by atoms with Gasteiger partial charge in [0.2, 0.25) is 0 Å². The number of halogens is 1. The van der Waals surface area contributed by atoms with Crippen LogP contribution in [0.25, 0.3) is 11.3 Å². The maximum absolute atomic E-state index is 5.33. The quantitative estimate of drug-likeness (QED) is 0.240. The van der Waals surface area contributed by atoms with Crippen molar-refractivity contribution in [3.8, 4) is 11.3 Å². The molecule has 4 aromatic carbocycles. The summed E-state index contributed by atoms with van der Waals surface area (Å²) in [6.45, 7) is 2.85. The molecule has 0 aliphatic carbocycles. The van der Waals surface area contributed by atoms with Gasteiger partial charge in [-0.05, 0) is 35.7 Å². The Hall–Kier alpha value is -3.96. The predicted molar refractivity (Wildman–Crippen MR) is 156 cm³/mol. The highest BCUT2D eigenvalue weighted by Gasteiger charge is 2.32. The fourth-order valence-electron chi connectivity index (χ4n) is 4.94. The molecule has 5 aromatic rings. The Morgan fingerprint density at radius 1 is 0.811 bits per heavy atom. The summed E-state index contributed by atoms with van der Waals surface area (Å²) in [6, 6.07) is 38.4. The molecular weight excluding hydrogens is 520 g/mol. The van der Waals surface area contributed by atoms with Crippen LogP contribution in [-0.2, 0) is 6.54 Å². The van der Waals surface area contributed by atoms with E-state index < -0.39 is 0 Å². The van der Waals surface area contributed by atoms with Gasteiger partial charge >= 0.3 is 0 Å². The van der Waals surface area contributed by atoms with E-state index in [1.165, 1.54) is 16.7 Å². The third kappa shape index (κ3) is 4.87. The number of benzene rings is 4. The standard InChI is InChI=1S/C32H27BrN4/c1-22-12-14-24(15-13-22)28-20-29(25-10-6-3-7-11-25)37(21-23-8-4-2-5-9-23)32-31(34-28)30(35-36-32)26-16-18-27(33)19-17-26/h2-19,29H,20-21H2,1H3,(H,35,36). The maximum Gasteiger partial charge on any atom is 0.177 e. The van der Waals surface area contributed by atoms with E-state index in [-0.39, 0.29) is 6.04 Å². The van der Waals surface area contributed by atoms with Gasteiger partial charge in [-0.2, -0.15) is 5.10 Å². The summed E-state index contributed by atoms with van der Waals surface area (Å²) >= 11 is 3.56. The molecular formula is C32H27BrN4. The molecule has 5 heteroatoms. The molecule has 2 heterocycles.